The fourth-order valence-electron chi connectivity index (χ4n) is 3.31. The summed E-state index contributed by atoms with van der Waals surface area (Å²) >= 11 is 0. The molecule has 1 aliphatic heterocycles. The molecule has 28 heavy (non-hydrogen) atoms. The number of nitrogens with zero attached hydrogens (tertiary/aromatic N) is 1. The number of nitrogens with one attached hydrogen (secondary N) is 1. The highest BCUT2D eigenvalue weighted by atomic mass is 16.2. The number of hydrogen-bond acceptors (Lipinski definition) is 3. The summed E-state index contributed by atoms with van der Waals surface area (Å²) in [7, 11) is 0. The van der Waals surface area contributed by atoms with E-state index in [0.717, 1.165) is 16.0 Å². The predicted molar refractivity (Wildman–Crippen MR) is 108 cm³/mol. The van der Waals surface area contributed by atoms with Crippen LogP contribution in [-0.2, 0) is 15.7 Å². The Morgan fingerprint density at radius 3 is 2.11 bits per heavy atom. The lowest BCUT2D eigenvalue weighted by atomic mass is 9.84. The molecule has 1 unspecified atom stereocenters. The molecule has 0 saturated carbocycles. The van der Waals surface area contributed by atoms with Crippen molar-refractivity contribution in [2.75, 3.05) is 6.54 Å². The van der Waals surface area contributed by atoms with Gasteiger partial charge >= 0.3 is 6.03 Å². The first-order chi connectivity index (χ1) is 13.0. The number of urea groups is 1. The van der Waals surface area contributed by atoms with E-state index in [0.29, 0.717) is 11.1 Å². The second-order valence-corrected chi connectivity index (χ2v) is 8.56. The average molecular weight is 378 g/mol. The normalized spacial score (nSPS) is 19.7. The van der Waals surface area contributed by atoms with Crippen molar-refractivity contribution in [3.05, 3.63) is 70.8 Å². The van der Waals surface area contributed by atoms with Gasteiger partial charge in [-0.3, -0.25) is 14.5 Å². The van der Waals surface area contributed by atoms with Gasteiger partial charge in [-0.15, -0.1) is 0 Å². The van der Waals surface area contributed by atoms with E-state index in [2.05, 4.69) is 26.1 Å². The number of ketones is 1. The summed E-state index contributed by atoms with van der Waals surface area (Å²) in [5, 5.41) is 2.76. The molecule has 0 bridgehead atoms. The number of amides is 3. The molecule has 1 fully saturated rings. The van der Waals surface area contributed by atoms with E-state index in [-0.39, 0.29) is 17.7 Å². The maximum atomic E-state index is 13.0. The van der Waals surface area contributed by atoms with Gasteiger partial charge in [0.25, 0.3) is 5.91 Å². The molecule has 1 saturated heterocycles. The first-order valence-corrected chi connectivity index (χ1v) is 9.37. The molecule has 1 N–H and O–H groups in total. The minimum atomic E-state index is -1.18. The Balaban J connectivity index is 1.82. The van der Waals surface area contributed by atoms with Crippen molar-refractivity contribution in [3.8, 4) is 0 Å². The van der Waals surface area contributed by atoms with Crippen LogP contribution in [0.4, 0.5) is 4.79 Å². The summed E-state index contributed by atoms with van der Waals surface area (Å²) in [4.78, 5) is 39.0. The Labute approximate surface area is 165 Å². The highest BCUT2D eigenvalue weighted by Crippen LogP contribution is 2.31. The third-order valence-corrected chi connectivity index (χ3v) is 5.28. The van der Waals surface area contributed by atoms with E-state index in [9.17, 15) is 14.4 Å². The molecule has 0 aromatic heterocycles. The van der Waals surface area contributed by atoms with Crippen LogP contribution in [0.3, 0.4) is 0 Å². The smallest absolute Gasteiger partial charge is 0.319 e. The lowest BCUT2D eigenvalue weighted by molar-refractivity contribution is -0.130. The van der Waals surface area contributed by atoms with Crippen LogP contribution in [0, 0.1) is 6.92 Å². The highest BCUT2D eigenvalue weighted by Gasteiger charge is 2.49. The molecule has 5 heteroatoms. The monoisotopic (exact) mass is 378 g/mol. The fraction of sp³-hybridized carbons (Fsp3) is 0.348. The van der Waals surface area contributed by atoms with Gasteiger partial charge < -0.3 is 5.32 Å². The minimum Gasteiger partial charge on any atom is -0.319 e. The number of imide groups is 1. The van der Waals surface area contributed by atoms with Crippen molar-refractivity contribution < 1.29 is 14.4 Å². The molecule has 2 aromatic rings. The largest absolute Gasteiger partial charge is 0.325 e. The molecule has 3 rings (SSSR count). The van der Waals surface area contributed by atoms with Crippen molar-refractivity contribution >= 4 is 17.7 Å². The van der Waals surface area contributed by atoms with Gasteiger partial charge in [0, 0.05) is 5.56 Å². The van der Waals surface area contributed by atoms with Gasteiger partial charge in [0.05, 0.1) is 6.54 Å². The second-order valence-electron chi connectivity index (χ2n) is 8.56. The Hall–Kier alpha value is -2.95. The quantitative estimate of drug-likeness (QED) is 0.647. The van der Waals surface area contributed by atoms with Crippen LogP contribution < -0.4 is 5.32 Å². The van der Waals surface area contributed by atoms with E-state index in [4.69, 9.17) is 0 Å². The SMILES string of the molecule is Cc1ccc(C(=O)CN2C(=O)NC(C)(c3ccc(C(C)(C)C)cc3)C2=O)cc1. The van der Waals surface area contributed by atoms with E-state index >= 15 is 0 Å². The van der Waals surface area contributed by atoms with Crippen LogP contribution in [0.5, 0.6) is 0 Å². The molecule has 5 nitrogen and oxygen atoms in total. The average Bonchev–Trinajstić information content (AvgIpc) is 2.86. The van der Waals surface area contributed by atoms with E-state index in [1.165, 1.54) is 0 Å². The minimum absolute atomic E-state index is 0.00510. The Morgan fingerprint density at radius 1 is 1.00 bits per heavy atom. The Morgan fingerprint density at radius 2 is 1.57 bits per heavy atom. The molecule has 3 amide bonds. The fourth-order valence-corrected chi connectivity index (χ4v) is 3.31. The van der Waals surface area contributed by atoms with Crippen LogP contribution in [-0.4, -0.2) is 29.2 Å². The van der Waals surface area contributed by atoms with Crippen LogP contribution in [0.25, 0.3) is 0 Å². The lowest BCUT2D eigenvalue weighted by Gasteiger charge is -2.24. The summed E-state index contributed by atoms with van der Waals surface area (Å²) < 4.78 is 0. The molecule has 0 aliphatic carbocycles. The molecule has 0 radical (unpaired) electrons. The van der Waals surface area contributed by atoms with Gasteiger partial charge in [-0.1, -0.05) is 74.9 Å². The first kappa shape index (κ1) is 19.8. The lowest BCUT2D eigenvalue weighted by Crippen LogP contribution is -2.41. The van der Waals surface area contributed by atoms with Gasteiger partial charge in [0.1, 0.15) is 5.54 Å². The maximum Gasteiger partial charge on any atom is 0.325 e. The van der Waals surface area contributed by atoms with Crippen molar-refractivity contribution in [1.29, 1.82) is 0 Å². The second kappa shape index (κ2) is 6.89. The zero-order valence-electron chi connectivity index (χ0n) is 17.0. The molecule has 1 atom stereocenters. The highest BCUT2D eigenvalue weighted by molar-refractivity contribution is 6.11. The van der Waals surface area contributed by atoms with Gasteiger partial charge in [-0.25, -0.2) is 4.79 Å². The predicted octanol–water partition coefficient (Wildman–Crippen LogP) is 3.94. The standard InChI is InChI=1S/C23H26N2O3/c1-15-6-8-16(9-7-15)19(26)14-25-20(27)23(5,24-21(25)28)18-12-10-17(11-13-18)22(2,3)4/h6-13H,14H2,1-5H3,(H,24,28). The molecular formula is C23H26N2O3. The van der Waals surface area contributed by atoms with Gasteiger partial charge in [-0.2, -0.15) is 0 Å². The molecule has 1 heterocycles. The number of carbonyl (C=O) groups excluding carboxylic acids is 3. The summed E-state index contributed by atoms with van der Waals surface area (Å²) in [5.74, 6) is -0.683. The summed E-state index contributed by atoms with van der Waals surface area (Å²) in [5.41, 5.74) is 2.18. The zero-order chi connectivity index (χ0) is 20.7. The van der Waals surface area contributed by atoms with E-state index in [1.54, 1.807) is 19.1 Å². The number of carbonyl (C=O) groups is 3. The van der Waals surface area contributed by atoms with E-state index in [1.807, 2.05) is 43.3 Å². The van der Waals surface area contributed by atoms with Gasteiger partial charge in [0.15, 0.2) is 5.78 Å². The molecule has 0 spiro atoms. The number of Topliss-reactive ketones (excluding diaryl/α,β-unsaturated/α-hetero) is 1. The summed E-state index contributed by atoms with van der Waals surface area (Å²) in [6.45, 7) is 9.68. The van der Waals surface area contributed by atoms with Crippen molar-refractivity contribution in [2.24, 2.45) is 0 Å². The van der Waals surface area contributed by atoms with Crippen LogP contribution in [0.15, 0.2) is 48.5 Å². The zero-order valence-corrected chi connectivity index (χ0v) is 17.0. The summed E-state index contributed by atoms with van der Waals surface area (Å²) in [6, 6.07) is 14.2. The maximum absolute atomic E-state index is 13.0. The number of hydrogen-bond donors (Lipinski definition) is 1. The van der Waals surface area contributed by atoms with E-state index < -0.39 is 17.5 Å². The molecule has 146 valence electrons. The molecule has 2 aromatic carbocycles. The topological polar surface area (TPSA) is 66.5 Å². The number of rotatable bonds is 4. The van der Waals surface area contributed by atoms with Crippen molar-refractivity contribution in [1.82, 2.24) is 10.2 Å². The van der Waals surface area contributed by atoms with Gasteiger partial charge in [0.2, 0.25) is 0 Å². The van der Waals surface area contributed by atoms with Crippen LogP contribution in [0.1, 0.15) is 54.7 Å². The van der Waals surface area contributed by atoms with Crippen molar-refractivity contribution in [3.63, 3.8) is 0 Å². The Kier molecular flexibility index (Phi) is 4.88. The van der Waals surface area contributed by atoms with Gasteiger partial charge in [-0.05, 0) is 30.4 Å². The summed E-state index contributed by atoms with van der Waals surface area (Å²) in [6.07, 6.45) is 0. The molecule has 1 aliphatic rings. The number of aryl methyl sites for hydroxylation is 1. The first-order valence-electron chi connectivity index (χ1n) is 9.37. The van der Waals surface area contributed by atoms with Crippen LogP contribution in [0.2, 0.25) is 0 Å². The van der Waals surface area contributed by atoms with Crippen LogP contribution >= 0.6 is 0 Å². The third-order valence-electron chi connectivity index (χ3n) is 5.28. The number of benzene rings is 2. The molecular weight excluding hydrogens is 352 g/mol. The Bertz CT molecular complexity index is 924. The van der Waals surface area contributed by atoms with Crippen molar-refractivity contribution in [2.45, 2.75) is 45.6 Å². The third kappa shape index (κ3) is 3.57.